The molecule has 2 aromatic heterocycles. The maximum Gasteiger partial charge on any atom is 0.248 e. The Morgan fingerprint density at radius 1 is 1.23 bits per heavy atom. The Balaban J connectivity index is 1.50. The molecule has 3 heterocycles. The third kappa shape index (κ3) is 3.11. The fourth-order valence-corrected chi connectivity index (χ4v) is 3.42. The van der Waals surface area contributed by atoms with Crippen molar-refractivity contribution in [1.29, 1.82) is 0 Å². The van der Waals surface area contributed by atoms with Crippen LogP contribution >= 0.6 is 0 Å². The second kappa shape index (κ2) is 7.09. The molecule has 0 bridgehead atoms. The highest BCUT2D eigenvalue weighted by Crippen LogP contribution is 2.27. The lowest BCUT2D eigenvalue weighted by Crippen LogP contribution is -2.54. The second-order valence-electron chi connectivity index (χ2n) is 6.42. The molecular formula is C18H21N7O. The minimum Gasteiger partial charge on any atom is -0.350 e. The number of benzene rings is 1. The molecule has 0 spiro atoms. The van der Waals surface area contributed by atoms with E-state index in [2.05, 4.69) is 25.8 Å². The number of amides is 1. The fourth-order valence-electron chi connectivity index (χ4n) is 3.42. The summed E-state index contributed by atoms with van der Waals surface area (Å²) in [6.07, 6.45) is 8.19. The van der Waals surface area contributed by atoms with Gasteiger partial charge in [0.2, 0.25) is 5.91 Å². The van der Waals surface area contributed by atoms with E-state index in [1.165, 1.54) is 6.33 Å². The van der Waals surface area contributed by atoms with Crippen molar-refractivity contribution in [2.24, 2.45) is 0 Å². The van der Waals surface area contributed by atoms with E-state index in [0.717, 1.165) is 37.2 Å². The van der Waals surface area contributed by atoms with Gasteiger partial charge in [-0.2, -0.15) is 10.2 Å². The number of rotatable bonds is 5. The Bertz CT molecular complexity index is 852. The molecule has 0 radical (unpaired) electrons. The lowest BCUT2D eigenvalue weighted by molar-refractivity contribution is -0.132. The average molecular weight is 351 g/mol. The van der Waals surface area contributed by atoms with Crippen molar-refractivity contribution >= 4 is 5.91 Å². The molecule has 1 amide bonds. The summed E-state index contributed by atoms with van der Waals surface area (Å²) >= 11 is 0. The largest absolute Gasteiger partial charge is 0.350 e. The van der Waals surface area contributed by atoms with Gasteiger partial charge in [0, 0.05) is 18.9 Å². The number of piperidine rings is 1. The van der Waals surface area contributed by atoms with E-state index in [9.17, 15) is 4.79 Å². The van der Waals surface area contributed by atoms with Crippen LogP contribution in [0.15, 0.2) is 55.4 Å². The van der Waals surface area contributed by atoms with Gasteiger partial charge in [0.15, 0.2) is 0 Å². The molecule has 8 heteroatoms. The lowest BCUT2D eigenvalue weighted by Gasteiger charge is -2.36. The molecule has 1 aliphatic rings. The van der Waals surface area contributed by atoms with Crippen molar-refractivity contribution in [1.82, 2.24) is 35.2 Å². The lowest BCUT2D eigenvalue weighted by atomic mass is 9.87. The third-order valence-electron chi connectivity index (χ3n) is 4.84. The molecule has 1 aliphatic heterocycles. The summed E-state index contributed by atoms with van der Waals surface area (Å²) in [7, 11) is 0. The van der Waals surface area contributed by atoms with Crippen LogP contribution in [0.1, 0.15) is 18.4 Å². The molecule has 0 aliphatic carbocycles. The van der Waals surface area contributed by atoms with Gasteiger partial charge < -0.3 is 10.6 Å². The Morgan fingerprint density at radius 3 is 2.85 bits per heavy atom. The van der Waals surface area contributed by atoms with Crippen LogP contribution < -0.4 is 10.6 Å². The second-order valence-corrected chi connectivity index (χ2v) is 6.42. The quantitative estimate of drug-likeness (QED) is 0.712. The van der Waals surface area contributed by atoms with Crippen LogP contribution in [0.2, 0.25) is 0 Å². The summed E-state index contributed by atoms with van der Waals surface area (Å²) in [5.74, 6) is 0.00820. The molecule has 2 N–H and O–H groups in total. The Kier molecular flexibility index (Phi) is 4.49. The molecule has 1 fully saturated rings. The van der Waals surface area contributed by atoms with Crippen LogP contribution in [0.4, 0.5) is 0 Å². The number of hydrogen-bond donors (Lipinski definition) is 2. The predicted molar refractivity (Wildman–Crippen MR) is 95.5 cm³/mol. The minimum absolute atomic E-state index is 0.00820. The maximum atomic E-state index is 13.1. The first-order valence-electron chi connectivity index (χ1n) is 8.71. The van der Waals surface area contributed by atoms with Gasteiger partial charge in [-0.05, 0) is 49.7 Å². The first-order chi connectivity index (χ1) is 12.8. The van der Waals surface area contributed by atoms with Gasteiger partial charge in [-0.1, -0.05) is 12.1 Å². The molecule has 1 aromatic carbocycles. The Labute approximate surface area is 151 Å². The molecule has 4 rings (SSSR count). The van der Waals surface area contributed by atoms with Gasteiger partial charge in [-0.15, -0.1) is 0 Å². The number of carbonyl (C=O) groups is 1. The van der Waals surface area contributed by atoms with Gasteiger partial charge in [0.25, 0.3) is 0 Å². The van der Waals surface area contributed by atoms with Crippen LogP contribution in [0, 0.1) is 0 Å². The molecular weight excluding hydrogens is 330 g/mol. The summed E-state index contributed by atoms with van der Waals surface area (Å²) in [6, 6.07) is 9.75. The number of aromatic nitrogens is 5. The zero-order valence-electron chi connectivity index (χ0n) is 14.4. The topological polar surface area (TPSA) is 89.7 Å². The SMILES string of the molecule is O=C(NCc1cccc(-n2cncn2)c1)C1(n2cccn2)CCNCC1. The van der Waals surface area contributed by atoms with Crippen molar-refractivity contribution in [2.45, 2.75) is 24.9 Å². The molecule has 0 saturated carbocycles. The van der Waals surface area contributed by atoms with Gasteiger partial charge >= 0.3 is 0 Å². The summed E-state index contributed by atoms with van der Waals surface area (Å²) in [5.41, 5.74) is 1.30. The smallest absolute Gasteiger partial charge is 0.248 e. The van der Waals surface area contributed by atoms with Crippen LogP contribution in [-0.4, -0.2) is 43.5 Å². The molecule has 8 nitrogen and oxygen atoms in total. The first kappa shape index (κ1) is 16.5. The van der Waals surface area contributed by atoms with E-state index in [1.807, 2.05) is 36.5 Å². The van der Waals surface area contributed by atoms with Crippen molar-refractivity contribution in [3.63, 3.8) is 0 Å². The fraction of sp³-hybridized carbons (Fsp3) is 0.333. The van der Waals surface area contributed by atoms with Crippen LogP contribution in [0.25, 0.3) is 5.69 Å². The van der Waals surface area contributed by atoms with E-state index in [0.29, 0.717) is 6.54 Å². The molecule has 134 valence electrons. The predicted octanol–water partition coefficient (Wildman–Crippen LogP) is 0.859. The minimum atomic E-state index is -0.627. The molecule has 0 atom stereocenters. The van der Waals surface area contributed by atoms with E-state index in [1.54, 1.807) is 21.9 Å². The highest BCUT2D eigenvalue weighted by atomic mass is 16.2. The normalized spacial score (nSPS) is 16.3. The number of hydrogen-bond acceptors (Lipinski definition) is 5. The van der Waals surface area contributed by atoms with Crippen molar-refractivity contribution in [3.05, 3.63) is 60.9 Å². The van der Waals surface area contributed by atoms with E-state index < -0.39 is 5.54 Å². The Hall–Kier alpha value is -3.00. The summed E-state index contributed by atoms with van der Waals surface area (Å²) in [5, 5.41) is 14.9. The summed E-state index contributed by atoms with van der Waals surface area (Å²) in [6.45, 7) is 2.06. The van der Waals surface area contributed by atoms with E-state index >= 15 is 0 Å². The number of nitrogens with one attached hydrogen (secondary N) is 2. The third-order valence-corrected chi connectivity index (χ3v) is 4.84. The highest BCUT2D eigenvalue weighted by Gasteiger charge is 2.41. The van der Waals surface area contributed by atoms with Gasteiger partial charge in [0.1, 0.15) is 18.2 Å². The van der Waals surface area contributed by atoms with Gasteiger partial charge in [-0.25, -0.2) is 9.67 Å². The highest BCUT2D eigenvalue weighted by molar-refractivity contribution is 5.84. The zero-order valence-corrected chi connectivity index (χ0v) is 14.4. The van der Waals surface area contributed by atoms with Crippen LogP contribution in [0.5, 0.6) is 0 Å². The van der Waals surface area contributed by atoms with E-state index in [-0.39, 0.29) is 5.91 Å². The monoisotopic (exact) mass is 351 g/mol. The van der Waals surface area contributed by atoms with Crippen LogP contribution in [-0.2, 0) is 16.9 Å². The Morgan fingerprint density at radius 2 is 2.12 bits per heavy atom. The summed E-state index contributed by atoms with van der Waals surface area (Å²) in [4.78, 5) is 17.0. The van der Waals surface area contributed by atoms with E-state index in [4.69, 9.17) is 0 Å². The molecule has 1 saturated heterocycles. The van der Waals surface area contributed by atoms with Gasteiger partial charge in [-0.3, -0.25) is 9.48 Å². The average Bonchev–Trinajstić information content (AvgIpc) is 3.41. The van der Waals surface area contributed by atoms with Crippen molar-refractivity contribution < 1.29 is 4.79 Å². The van der Waals surface area contributed by atoms with Crippen molar-refractivity contribution in [2.75, 3.05) is 13.1 Å². The maximum absolute atomic E-state index is 13.1. The number of carbonyl (C=O) groups excluding carboxylic acids is 1. The van der Waals surface area contributed by atoms with Gasteiger partial charge in [0.05, 0.1) is 5.69 Å². The molecule has 3 aromatic rings. The molecule has 26 heavy (non-hydrogen) atoms. The summed E-state index contributed by atoms with van der Waals surface area (Å²) < 4.78 is 3.50. The standard InChI is InChI=1S/C18H21N7O/c26-17(18(5-8-19-9-6-18)25-10-2-7-22-25)21-12-15-3-1-4-16(11-15)24-14-20-13-23-24/h1-4,7,10-11,13-14,19H,5-6,8-9,12H2,(H,21,26). The first-order valence-corrected chi connectivity index (χ1v) is 8.71. The zero-order chi connectivity index (χ0) is 17.8. The van der Waals surface area contributed by atoms with Crippen LogP contribution in [0.3, 0.4) is 0 Å². The van der Waals surface area contributed by atoms with Crippen molar-refractivity contribution in [3.8, 4) is 5.69 Å². The molecule has 0 unspecified atom stereocenters. The number of nitrogens with zero attached hydrogens (tertiary/aromatic N) is 5.